The highest BCUT2D eigenvalue weighted by Crippen LogP contribution is 2.24. The van der Waals surface area contributed by atoms with Crippen LogP contribution in [0.25, 0.3) is 0 Å². The summed E-state index contributed by atoms with van der Waals surface area (Å²) in [5.74, 6) is 0. The molecule has 0 aliphatic carbocycles. The van der Waals surface area contributed by atoms with E-state index in [2.05, 4.69) is 50.8 Å². The van der Waals surface area contributed by atoms with Gasteiger partial charge in [-0.3, -0.25) is 0 Å². The van der Waals surface area contributed by atoms with Crippen molar-refractivity contribution in [2.45, 2.75) is 123 Å². The molecule has 1 aromatic rings. The zero-order chi connectivity index (χ0) is 21.0. The first-order valence-electron chi connectivity index (χ1n) is 12.6. The van der Waals surface area contributed by atoms with Gasteiger partial charge in [0.25, 0.3) is 0 Å². The number of rotatable bonds is 20. The molecule has 1 atom stereocenters. The van der Waals surface area contributed by atoms with Crippen LogP contribution in [0.3, 0.4) is 0 Å². The fourth-order valence-corrected chi connectivity index (χ4v) is 4.00. The van der Waals surface area contributed by atoms with E-state index in [1.165, 1.54) is 102 Å². The van der Waals surface area contributed by atoms with E-state index in [-0.39, 0.29) is 6.10 Å². The van der Waals surface area contributed by atoms with Crippen LogP contribution in [0.2, 0.25) is 0 Å². The summed E-state index contributed by atoms with van der Waals surface area (Å²) in [6, 6.07) is 10.5. The lowest BCUT2D eigenvalue weighted by Crippen LogP contribution is -2.06. The average molecular weight is 401 g/mol. The Balaban J connectivity index is 1.86. The quantitative estimate of drug-likeness (QED) is 0.156. The highest BCUT2D eigenvalue weighted by Gasteiger charge is 2.11. The Morgan fingerprint density at radius 3 is 1.52 bits per heavy atom. The molecule has 0 aliphatic heterocycles. The van der Waals surface area contributed by atoms with Gasteiger partial charge in [-0.1, -0.05) is 140 Å². The van der Waals surface area contributed by atoms with Gasteiger partial charge < -0.3 is 4.74 Å². The van der Waals surface area contributed by atoms with Crippen molar-refractivity contribution in [3.05, 3.63) is 48.0 Å². The summed E-state index contributed by atoms with van der Waals surface area (Å²) in [7, 11) is 0. The SMILES string of the molecule is C=C(C)C(OCCCCCCCCCCCCCCCCCC)c1ccccc1. The summed E-state index contributed by atoms with van der Waals surface area (Å²) < 4.78 is 6.11. The maximum Gasteiger partial charge on any atom is 0.103 e. The Morgan fingerprint density at radius 2 is 1.10 bits per heavy atom. The molecule has 1 unspecified atom stereocenters. The van der Waals surface area contributed by atoms with Crippen molar-refractivity contribution < 1.29 is 4.74 Å². The van der Waals surface area contributed by atoms with E-state index >= 15 is 0 Å². The Morgan fingerprint density at radius 1 is 0.690 bits per heavy atom. The zero-order valence-corrected chi connectivity index (χ0v) is 19.6. The normalized spacial score (nSPS) is 12.2. The van der Waals surface area contributed by atoms with E-state index < -0.39 is 0 Å². The zero-order valence-electron chi connectivity index (χ0n) is 19.6. The summed E-state index contributed by atoms with van der Waals surface area (Å²) in [5, 5.41) is 0. The Bertz CT molecular complexity index is 478. The minimum atomic E-state index is 0.0486. The van der Waals surface area contributed by atoms with Gasteiger partial charge in [0.2, 0.25) is 0 Å². The lowest BCUT2D eigenvalue weighted by molar-refractivity contribution is 0.0744. The summed E-state index contributed by atoms with van der Waals surface area (Å²) in [5.41, 5.74) is 2.31. The van der Waals surface area contributed by atoms with Gasteiger partial charge in [0.1, 0.15) is 6.10 Å². The number of ether oxygens (including phenoxy) is 1. The third-order valence-electron chi connectivity index (χ3n) is 5.83. The molecular formula is C28H48O. The molecule has 0 fully saturated rings. The van der Waals surface area contributed by atoms with Crippen molar-refractivity contribution in [2.75, 3.05) is 6.61 Å². The molecule has 0 bridgehead atoms. The third kappa shape index (κ3) is 14.5. The van der Waals surface area contributed by atoms with Gasteiger partial charge in [0.15, 0.2) is 0 Å². The van der Waals surface area contributed by atoms with E-state index in [0.717, 1.165) is 18.6 Å². The maximum absolute atomic E-state index is 6.11. The molecule has 29 heavy (non-hydrogen) atoms. The van der Waals surface area contributed by atoms with Crippen LogP contribution < -0.4 is 0 Å². The number of hydrogen-bond donors (Lipinski definition) is 0. The first-order chi connectivity index (χ1) is 14.3. The second kappa shape index (κ2) is 18.9. The number of unbranched alkanes of at least 4 members (excludes halogenated alkanes) is 15. The standard InChI is InChI=1S/C28H48O/c1-4-5-6-7-8-9-10-11-12-13-14-15-16-17-18-22-25-29-28(26(2)3)27-23-20-19-21-24-27/h19-21,23-24,28H,2,4-18,22,25H2,1,3H3. The van der Waals surface area contributed by atoms with Crippen LogP contribution in [0.5, 0.6) is 0 Å². The fraction of sp³-hybridized carbons (Fsp3) is 0.714. The monoisotopic (exact) mass is 400 g/mol. The predicted octanol–water partition coefficient (Wildman–Crippen LogP) is 9.58. The van der Waals surface area contributed by atoms with Crippen LogP contribution in [0, 0.1) is 0 Å². The molecule has 0 saturated heterocycles. The predicted molar refractivity (Wildman–Crippen MR) is 129 cm³/mol. The van der Waals surface area contributed by atoms with Crippen LogP contribution in [0.1, 0.15) is 128 Å². The summed E-state index contributed by atoms with van der Waals surface area (Å²) >= 11 is 0. The Kier molecular flexibility index (Phi) is 16.9. The molecular weight excluding hydrogens is 352 g/mol. The molecule has 0 aliphatic rings. The molecule has 0 aromatic heterocycles. The van der Waals surface area contributed by atoms with Crippen LogP contribution in [0.15, 0.2) is 42.5 Å². The van der Waals surface area contributed by atoms with Crippen molar-refractivity contribution in [3.8, 4) is 0 Å². The lowest BCUT2D eigenvalue weighted by atomic mass is 10.0. The molecule has 0 saturated carbocycles. The second-order valence-electron chi connectivity index (χ2n) is 8.81. The van der Waals surface area contributed by atoms with Crippen molar-refractivity contribution >= 4 is 0 Å². The smallest absolute Gasteiger partial charge is 0.103 e. The third-order valence-corrected chi connectivity index (χ3v) is 5.83. The van der Waals surface area contributed by atoms with E-state index in [9.17, 15) is 0 Å². The van der Waals surface area contributed by atoms with E-state index in [0.29, 0.717) is 0 Å². The fourth-order valence-electron chi connectivity index (χ4n) is 4.00. The first-order valence-corrected chi connectivity index (χ1v) is 12.6. The molecule has 0 amide bonds. The topological polar surface area (TPSA) is 9.23 Å². The van der Waals surface area contributed by atoms with Crippen LogP contribution in [-0.2, 0) is 4.74 Å². The van der Waals surface area contributed by atoms with E-state index in [4.69, 9.17) is 4.74 Å². The largest absolute Gasteiger partial charge is 0.369 e. The number of benzene rings is 1. The Labute approximate surface area is 182 Å². The highest BCUT2D eigenvalue weighted by molar-refractivity contribution is 5.24. The van der Waals surface area contributed by atoms with Gasteiger partial charge in [0, 0.05) is 6.61 Å². The highest BCUT2D eigenvalue weighted by atomic mass is 16.5. The molecule has 166 valence electrons. The van der Waals surface area contributed by atoms with Gasteiger partial charge in [-0.15, -0.1) is 0 Å². The summed E-state index contributed by atoms with van der Waals surface area (Å²) in [4.78, 5) is 0. The van der Waals surface area contributed by atoms with Gasteiger partial charge in [-0.25, -0.2) is 0 Å². The lowest BCUT2D eigenvalue weighted by Gasteiger charge is -2.18. The van der Waals surface area contributed by atoms with Gasteiger partial charge in [-0.2, -0.15) is 0 Å². The van der Waals surface area contributed by atoms with Crippen molar-refractivity contribution in [2.24, 2.45) is 0 Å². The minimum Gasteiger partial charge on any atom is -0.369 e. The molecule has 1 nitrogen and oxygen atoms in total. The van der Waals surface area contributed by atoms with Gasteiger partial charge in [0.05, 0.1) is 0 Å². The summed E-state index contributed by atoms with van der Waals surface area (Å²) in [6.07, 6.45) is 22.5. The van der Waals surface area contributed by atoms with Crippen molar-refractivity contribution in [1.29, 1.82) is 0 Å². The molecule has 0 heterocycles. The van der Waals surface area contributed by atoms with Crippen LogP contribution >= 0.6 is 0 Å². The molecule has 1 rings (SSSR count). The molecule has 0 N–H and O–H groups in total. The first kappa shape index (κ1) is 26.0. The van der Waals surface area contributed by atoms with E-state index in [1.807, 2.05) is 0 Å². The molecule has 0 radical (unpaired) electrons. The van der Waals surface area contributed by atoms with Crippen LogP contribution in [-0.4, -0.2) is 6.61 Å². The average Bonchev–Trinajstić information content (AvgIpc) is 2.73. The molecule has 1 heteroatoms. The Hall–Kier alpha value is -1.08. The maximum atomic E-state index is 6.11. The number of hydrogen-bond acceptors (Lipinski definition) is 1. The van der Waals surface area contributed by atoms with Gasteiger partial charge >= 0.3 is 0 Å². The van der Waals surface area contributed by atoms with Crippen molar-refractivity contribution in [1.82, 2.24) is 0 Å². The van der Waals surface area contributed by atoms with Crippen LogP contribution in [0.4, 0.5) is 0 Å². The molecule has 0 spiro atoms. The minimum absolute atomic E-state index is 0.0486. The summed E-state index contributed by atoms with van der Waals surface area (Å²) in [6.45, 7) is 9.29. The van der Waals surface area contributed by atoms with Crippen molar-refractivity contribution in [3.63, 3.8) is 0 Å². The second-order valence-corrected chi connectivity index (χ2v) is 8.81. The molecule has 1 aromatic carbocycles. The van der Waals surface area contributed by atoms with Gasteiger partial charge in [-0.05, 0) is 24.5 Å². The van der Waals surface area contributed by atoms with E-state index in [1.54, 1.807) is 0 Å².